The number of aliphatic hydroxyl groups excluding tert-OH is 1. The largest absolute Gasteiger partial charge is 0.493 e. The molecule has 1 aliphatic rings. The number of aryl methyl sites for hydroxylation is 2. The zero-order chi connectivity index (χ0) is 14.8. The van der Waals surface area contributed by atoms with E-state index in [1.165, 1.54) is 17.5 Å². The summed E-state index contributed by atoms with van der Waals surface area (Å²) in [4.78, 5) is 0. The lowest BCUT2D eigenvalue weighted by molar-refractivity contribution is 0.219. The predicted molar refractivity (Wildman–Crippen MR) is 82.1 cm³/mol. The third-order valence-corrected chi connectivity index (χ3v) is 4.16. The summed E-state index contributed by atoms with van der Waals surface area (Å²) in [5.41, 5.74) is 4.53. The monoisotopic (exact) mass is 284 g/mol. The quantitative estimate of drug-likeness (QED) is 0.936. The van der Waals surface area contributed by atoms with Crippen molar-refractivity contribution in [3.05, 3.63) is 58.7 Å². The number of aliphatic hydroxyl groups is 1. The molecule has 1 unspecified atom stereocenters. The van der Waals surface area contributed by atoms with Crippen molar-refractivity contribution in [3.8, 4) is 11.5 Å². The highest BCUT2D eigenvalue weighted by molar-refractivity contribution is 5.46. The van der Waals surface area contributed by atoms with Gasteiger partial charge in [-0.15, -0.1) is 0 Å². The van der Waals surface area contributed by atoms with Crippen molar-refractivity contribution in [1.29, 1.82) is 0 Å². The average Bonchev–Trinajstić information content (AvgIpc) is 3.00. The summed E-state index contributed by atoms with van der Waals surface area (Å²) in [6.07, 6.45) is 2.84. The summed E-state index contributed by atoms with van der Waals surface area (Å²) < 4.78 is 10.5. The van der Waals surface area contributed by atoms with Crippen LogP contribution in [-0.4, -0.2) is 19.3 Å². The molecule has 21 heavy (non-hydrogen) atoms. The van der Waals surface area contributed by atoms with E-state index in [4.69, 9.17) is 9.47 Å². The first-order valence-electron chi connectivity index (χ1n) is 7.24. The molecule has 110 valence electrons. The van der Waals surface area contributed by atoms with Gasteiger partial charge in [0, 0.05) is 0 Å². The molecule has 0 spiro atoms. The lowest BCUT2D eigenvalue weighted by Crippen LogP contribution is -2.02. The highest BCUT2D eigenvalue weighted by Gasteiger charge is 2.17. The summed E-state index contributed by atoms with van der Waals surface area (Å²) in [6.45, 7) is 0. The normalized spacial score (nSPS) is 14.6. The fraction of sp³-hybridized carbons (Fsp3) is 0.333. The summed E-state index contributed by atoms with van der Waals surface area (Å²) in [6, 6.07) is 11.8. The van der Waals surface area contributed by atoms with Gasteiger partial charge in [0.1, 0.15) is 6.10 Å². The van der Waals surface area contributed by atoms with Gasteiger partial charge in [0.2, 0.25) is 0 Å². The van der Waals surface area contributed by atoms with Crippen LogP contribution < -0.4 is 9.47 Å². The molecule has 0 saturated carbocycles. The molecule has 1 N–H and O–H groups in total. The van der Waals surface area contributed by atoms with E-state index < -0.39 is 6.10 Å². The predicted octanol–water partition coefficient (Wildman–Crippen LogP) is 3.27. The zero-order valence-corrected chi connectivity index (χ0v) is 12.4. The van der Waals surface area contributed by atoms with E-state index in [-0.39, 0.29) is 0 Å². The van der Waals surface area contributed by atoms with Crippen molar-refractivity contribution in [2.75, 3.05) is 14.2 Å². The van der Waals surface area contributed by atoms with Gasteiger partial charge >= 0.3 is 0 Å². The van der Waals surface area contributed by atoms with Gasteiger partial charge in [0.15, 0.2) is 11.5 Å². The van der Waals surface area contributed by atoms with E-state index in [1.807, 2.05) is 24.3 Å². The van der Waals surface area contributed by atoms with E-state index in [1.54, 1.807) is 14.2 Å². The molecule has 0 fully saturated rings. The first-order chi connectivity index (χ1) is 10.2. The topological polar surface area (TPSA) is 38.7 Å². The number of benzene rings is 2. The van der Waals surface area contributed by atoms with Gasteiger partial charge in [-0.05, 0) is 53.6 Å². The molecule has 3 rings (SSSR count). The number of hydrogen-bond acceptors (Lipinski definition) is 3. The summed E-state index contributed by atoms with van der Waals surface area (Å²) >= 11 is 0. The van der Waals surface area contributed by atoms with Crippen LogP contribution in [0.25, 0.3) is 0 Å². The molecule has 2 aromatic carbocycles. The summed E-state index contributed by atoms with van der Waals surface area (Å²) in [5, 5.41) is 10.6. The molecule has 0 aliphatic heterocycles. The van der Waals surface area contributed by atoms with Crippen LogP contribution in [0, 0.1) is 0 Å². The molecule has 3 heteroatoms. The molecule has 3 nitrogen and oxygen atoms in total. The molecule has 0 heterocycles. The Hall–Kier alpha value is -2.00. The number of rotatable bonds is 4. The van der Waals surface area contributed by atoms with Gasteiger partial charge in [-0.3, -0.25) is 0 Å². The van der Waals surface area contributed by atoms with E-state index in [0.29, 0.717) is 11.5 Å². The third kappa shape index (κ3) is 2.61. The molecule has 0 bridgehead atoms. The molecule has 0 saturated heterocycles. The molecule has 0 amide bonds. The minimum Gasteiger partial charge on any atom is -0.493 e. The lowest BCUT2D eigenvalue weighted by atomic mass is 9.97. The number of fused-ring (bicyclic) bond motifs is 1. The van der Waals surface area contributed by atoms with Crippen LogP contribution in [0.15, 0.2) is 36.4 Å². The number of hydrogen-bond donors (Lipinski definition) is 1. The minimum atomic E-state index is -0.643. The van der Waals surface area contributed by atoms with E-state index in [0.717, 1.165) is 24.0 Å². The Morgan fingerprint density at radius 3 is 2.29 bits per heavy atom. The van der Waals surface area contributed by atoms with Gasteiger partial charge < -0.3 is 14.6 Å². The number of methoxy groups -OCH3 is 2. The van der Waals surface area contributed by atoms with Gasteiger partial charge in [-0.1, -0.05) is 24.3 Å². The Morgan fingerprint density at radius 2 is 1.52 bits per heavy atom. The Labute approximate surface area is 125 Å². The van der Waals surface area contributed by atoms with E-state index >= 15 is 0 Å². The molecular weight excluding hydrogens is 264 g/mol. The fourth-order valence-corrected chi connectivity index (χ4v) is 2.98. The Kier molecular flexibility index (Phi) is 3.84. The van der Waals surface area contributed by atoms with Crippen molar-refractivity contribution >= 4 is 0 Å². The molecule has 2 aromatic rings. The summed E-state index contributed by atoms with van der Waals surface area (Å²) in [5.74, 6) is 1.30. The van der Waals surface area contributed by atoms with Gasteiger partial charge in [-0.25, -0.2) is 0 Å². The van der Waals surface area contributed by atoms with Crippen molar-refractivity contribution in [2.45, 2.75) is 25.4 Å². The Bertz CT molecular complexity index is 649. The molecule has 0 aromatic heterocycles. The highest BCUT2D eigenvalue weighted by atomic mass is 16.5. The smallest absolute Gasteiger partial charge is 0.161 e. The first kappa shape index (κ1) is 14.0. The summed E-state index contributed by atoms with van der Waals surface area (Å²) in [7, 11) is 3.21. The van der Waals surface area contributed by atoms with Crippen LogP contribution in [-0.2, 0) is 12.8 Å². The molecular formula is C18H20O3. The maximum atomic E-state index is 10.6. The molecule has 1 atom stereocenters. The first-order valence-corrected chi connectivity index (χ1v) is 7.24. The lowest BCUT2D eigenvalue weighted by Gasteiger charge is -2.15. The minimum absolute atomic E-state index is 0.634. The Morgan fingerprint density at radius 1 is 0.857 bits per heavy atom. The standard InChI is InChI=1S/C18H20O3/c1-20-16-9-8-15(11-17(16)21-2)18(19)14-7-6-12-4-3-5-13(12)10-14/h6-11,18-19H,3-5H2,1-2H3. The van der Waals surface area contributed by atoms with Gasteiger partial charge in [0.25, 0.3) is 0 Å². The second-order valence-electron chi connectivity index (χ2n) is 5.40. The maximum Gasteiger partial charge on any atom is 0.161 e. The van der Waals surface area contributed by atoms with Gasteiger partial charge in [-0.2, -0.15) is 0 Å². The van der Waals surface area contributed by atoms with Crippen molar-refractivity contribution in [1.82, 2.24) is 0 Å². The van der Waals surface area contributed by atoms with Crippen LogP contribution in [0.5, 0.6) is 11.5 Å². The van der Waals surface area contributed by atoms with Crippen LogP contribution in [0.1, 0.15) is 34.8 Å². The number of ether oxygens (including phenoxy) is 2. The van der Waals surface area contributed by atoms with E-state index in [9.17, 15) is 5.11 Å². The van der Waals surface area contributed by atoms with Crippen molar-refractivity contribution in [3.63, 3.8) is 0 Å². The van der Waals surface area contributed by atoms with E-state index in [2.05, 4.69) is 12.1 Å². The van der Waals surface area contributed by atoms with Crippen molar-refractivity contribution < 1.29 is 14.6 Å². The second kappa shape index (κ2) is 5.78. The van der Waals surface area contributed by atoms with Crippen molar-refractivity contribution in [2.24, 2.45) is 0 Å². The van der Waals surface area contributed by atoms with Crippen LogP contribution >= 0.6 is 0 Å². The zero-order valence-electron chi connectivity index (χ0n) is 12.4. The highest BCUT2D eigenvalue weighted by Crippen LogP contribution is 2.33. The third-order valence-electron chi connectivity index (χ3n) is 4.16. The average molecular weight is 284 g/mol. The fourth-order valence-electron chi connectivity index (χ4n) is 2.98. The van der Waals surface area contributed by atoms with Crippen LogP contribution in [0.3, 0.4) is 0 Å². The van der Waals surface area contributed by atoms with Gasteiger partial charge in [0.05, 0.1) is 14.2 Å². The maximum absolute atomic E-state index is 10.6. The second-order valence-corrected chi connectivity index (χ2v) is 5.40. The SMILES string of the molecule is COc1ccc(C(O)c2ccc3c(c2)CCC3)cc1OC. The van der Waals surface area contributed by atoms with Crippen LogP contribution in [0.4, 0.5) is 0 Å². The Balaban J connectivity index is 1.93. The van der Waals surface area contributed by atoms with Crippen LogP contribution in [0.2, 0.25) is 0 Å². The molecule has 0 radical (unpaired) electrons. The molecule has 1 aliphatic carbocycles.